The number of nitrogens with one attached hydrogen (secondary N) is 1. The summed E-state index contributed by atoms with van der Waals surface area (Å²) in [5.74, 6) is 0.755. The lowest BCUT2D eigenvalue weighted by atomic mass is 9.66. The van der Waals surface area contributed by atoms with E-state index in [9.17, 15) is 23.1 Å². The maximum Gasteiger partial charge on any atom is 0.522 e. The van der Waals surface area contributed by atoms with E-state index in [0.717, 1.165) is 19.3 Å². The van der Waals surface area contributed by atoms with Crippen molar-refractivity contribution in [2.45, 2.75) is 81.0 Å². The highest BCUT2D eigenvalue weighted by molar-refractivity contribution is 6.30. The van der Waals surface area contributed by atoms with E-state index < -0.39 is 24.7 Å². The summed E-state index contributed by atoms with van der Waals surface area (Å²) in [6.07, 6.45) is -3.47. The zero-order valence-electron chi connectivity index (χ0n) is 18.7. The first-order valence-electron chi connectivity index (χ1n) is 11.6. The summed E-state index contributed by atoms with van der Waals surface area (Å²) in [5.41, 5.74) is 0.199. The number of amides is 1. The van der Waals surface area contributed by atoms with E-state index in [0.29, 0.717) is 41.0 Å². The van der Waals surface area contributed by atoms with Gasteiger partial charge in [-0.15, -0.1) is 13.2 Å². The number of hydrogen-bond acceptors (Lipinski definition) is 7. The van der Waals surface area contributed by atoms with Crippen molar-refractivity contribution in [2.24, 2.45) is 0 Å². The Morgan fingerprint density at radius 3 is 2.74 bits per heavy atom. The van der Waals surface area contributed by atoms with Gasteiger partial charge in [0.15, 0.2) is 11.9 Å². The lowest BCUT2D eigenvalue weighted by Crippen LogP contribution is -2.44. The van der Waals surface area contributed by atoms with Crippen LogP contribution in [0.5, 0.6) is 5.75 Å². The van der Waals surface area contributed by atoms with Crippen LogP contribution in [0.4, 0.5) is 13.2 Å². The lowest BCUT2D eigenvalue weighted by molar-refractivity contribution is -0.352. The highest BCUT2D eigenvalue weighted by atomic mass is 35.5. The van der Waals surface area contributed by atoms with Crippen LogP contribution in [-0.4, -0.2) is 46.3 Å². The number of halogens is 4. The van der Waals surface area contributed by atoms with Crippen molar-refractivity contribution in [2.75, 3.05) is 6.54 Å². The SMILES string of the molecule is O=C(NCCC1(c2nc(C3CC(OC(F)(F)F)C3)no2)CCC1)[C@@H]1C[C@H](O)c2cc(Cl)ccc2O1. The quantitative estimate of drug-likeness (QED) is 0.565. The number of nitrogens with zero attached hydrogens (tertiary/aromatic N) is 2. The van der Waals surface area contributed by atoms with Crippen molar-refractivity contribution in [3.05, 3.63) is 40.5 Å². The van der Waals surface area contributed by atoms with E-state index in [2.05, 4.69) is 20.2 Å². The molecule has 0 bridgehead atoms. The van der Waals surface area contributed by atoms with Crippen LogP contribution in [0.2, 0.25) is 5.02 Å². The monoisotopic (exact) mass is 515 g/mol. The van der Waals surface area contributed by atoms with E-state index in [1.807, 2.05) is 0 Å². The van der Waals surface area contributed by atoms with E-state index >= 15 is 0 Å². The number of carbonyl (C=O) groups is 1. The Hall–Kier alpha value is -2.37. The van der Waals surface area contributed by atoms with Crippen LogP contribution >= 0.6 is 11.6 Å². The molecule has 2 atom stereocenters. The number of alkyl halides is 3. The fourth-order valence-corrected chi connectivity index (χ4v) is 5.15. The third kappa shape index (κ3) is 5.12. The number of aromatic nitrogens is 2. The van der Waals surface area contributed by atoms with E-state index in [4.69, 9.17) is 20.9 Å². The molecule has 35 heavy (non-hydrogen) atoms. The molecular weight excluding hydrogens is 491 g/mol. The molecule has 0 unspecified atom stereocenters. The van der Waals surface area contributed by atoms with Gasteiger partial charge >= 0.3 is 6.36 Å². The van der Waals surface area contributed by atoms with Gasteiger partial charge in [0, 0.05) is 29.5 Å². The van der Waals surface area contributed by atoms with Gasteiger partial charge in [-0.2, -0.15) is 4.98 Å². The molecule has 1 aromatic carbocycles. The molecule has 5 rings (SSSR count). The van der Waals surface area contributed by atoms with Crippen molar-refractivity contribution in [3.8, 4) is 5.75 Å². The predicted octanol–water partition coefficient (Wildman–Crippen LogP) is 4.32. The van der Waals surface area contributed by atoms with Crippen molar-refractivity contribution in [1.82, 2.24) is 15.5 Å². The van der Waals surface area contributed by atoms with Gasteiger partial charge in [0.1, 0.15) is 5.75 Å². The lowest BCUT2D eigenvalue weighted by Gasteiger charge is -2.38. The molecule has 3 aliphatic rings. The van der Waals surface area contributed by atoms with Crippen LogP contribution in [0.1, 0.15) is 74.2 Å². The molecule has 190 valence electrons. The molecule has 12 heteroatoms. The van der Waals surface area contributed by atoms with Crippen LogP contribution in [0, 0.1) is 0 Å². The molecule has 0 spiro atoms. The van der Waals surface area contributed by atoms with Gasteiger partial charge in [-0.3, -0.25) is 9.53 Å². The van der Waals surface area contributed by atoms with Crippen LogP contribution in [-0.2, 0) is 14.9 Å². The van der Waals surface area contributed by atoms with Crippen LogP contribution in [0.25, 0.3) is 0 Å². The largest absolute Gasteiger partial charge is 0.522 e. The minimum absolute atomic E-state index is 0.123. The first-order valence-corrected chi connectivity index (χ1v) is 12.0. The number of aliphatic hydroxyl groups excluding tert-OH is 1. The molecule has 1 aliphatic heterocycles. The molecule has 1 amide bonds. The second-order valence-electron chi connectivity index (χ2n) is 9.53. The normalized spacial score (nSPS) is 27.2. The molecule has 2 saturated carbocycles. The number of carbonyl (C=O) groups excluding carboxylic acids is 1. The molecule has 2 aliphatic carbocycles. The van der Waals surface area contributed by atoms with Gasteiger partial charge in [-0.1, -0.05) is 23.2 Å². The Bertz CT molecular complexity index is 1080. The summed E-state index contributed by atoms with van der Waals surface area (Å²) in [6, 6.07) is 4.90. The Labute approximate surface area is 204 Å². The maximum absolute atomic E-state index is 12.7. The summed E-state index contributed by atoms with van der Waals surface area (Å²) in [6.45, 7) is 0.352. The highest BCUT2D eigenvalue weighted by Gasteiger charge is 2.46. The first kappa shape index (κ1) is 24.3. The van der Waals surface area contributed by atoms with Crippen LogP contribution < -0.4 is 10.1 Å². The Balaban J connectivity index is 1.14. The fraction of sp³-hybridized carbons (Fsp3) is 0.609. The Morgan fingerprint density at radius 1 is 1.29 bits per heavy atom. The Morgan fingerprint density at radius 2 is 2.06 bits per heavy atom. The molecule has 2 N–H and O–H groups in total. The second kappa shape index (κ2) is 9.25. The third-order valence-electron chi connectivity index (χ3n) is 7.20. The second-order valence-corrected chi connectivity index (χ2v) is 9.96. The van der Waals surface area contributed by atoms with Crippen molar-refractivity contribution < 1.29 is 37.1 Å². The minimum atomic E-state index is -4.64. The topological polar surface area (TPSA) is 107 Å². The maximum atomic E-state index is 12.7. The summed E-state index contributed by atoms with van der Waals surface area (Å²) >= 11 is 5.97. The zero-order valence-corrected chi connectivity index (χ0v) is 19.4. The molecule has 8 nitrogen and oxygen atoms in total. The number of rotatable bonds is 7. The van der Waals surface area contributed by atoms with Crippen LogP contribution in [0.3, 0.4) is 0 Å². The van der Waals surface area contributed by atoms with Crippen LogP contribution in [0.15, 0.2) is 22.7 Å². The number of hydrogen-bond donors (Lipinski definition) is 2. The van der Waals surface area contributed by atoms with Gasteiger partial charge in [-0.25, -0.2) is 0 Å². The van der Waals surface area contributed by atoms with Gasteiger partial charge in [0.25, 0.3) is 5.91 Å². The fourth-order valence-electron chi connectivity index (χ4n) is 4.97. The number of ether oxygens (including phenoxy) is 2. The van der Waals surface area contributed by atoms with Gasteiger partial charge in [0.05, 0.1) is 17.6 Å². The summed E-state index contributed by atoms with van der Waals surface area (Å²) in [4.78, 5) is 17.2. The van der Waals surface area contributed by atoms with Crippen molar-refractivity contribution >= 4 is 17.5 Å². The molecule has 2 aromatic rings. The summed E-state index contributed by atoms with van der Waals surface area (Å²) < 4.78 is 52.3. The Kier molecular flexibility index (Phi) is 6.43. The highest BCUT2D eigenvalue weighted by Crippen LogP contribution is 2.47. The van der Waals surface area contributed by atoms with E-state index in [1.54, 1.807) is 18.2 Å². The molecule has 2 fully saturated rings. The number of aliphatic hydroxyl groups is 1. The first-order chi connectivity index (χ1) is 16.6. The smallest absolute Gasteiger partial charge is 0.480 e. The molecule has 1 aromatic heterocycles. The minimum Gasteiger partial charge on any atom is -0.480 e. The molecule has 0 saturated heterocycles. The molecule has 0 radical (unpaired) electrons. The predicted molar refractivity (Wildman–Crippen MR) is 116 cm³/mol. The van der Waals surface area contributed by atoms with E-state index in [-0.39, 0.29) is 36.5 Å². The summed E-state index contributed by atoms with van der Waals surface area (Å²) in [7, 11) is 0. The third-order valence-corrected chi connectivity index (χ3v) is 7.43. The average molecular weight is 516 g/mol. The average Bonchev–Trinajstić information content (AvgIpc) is 3.21. The van der Waals surface area contributed by atoms with Gasteiger partial charge in [-0.05, 0) is 50.3 Å². The van der Waals surface area contributed by atoms with E-state index in [1.165, 1.54) is 0 Å². The molecular formula is C23H25ClF3N3O5. The van der Waals surface area contributed by atoms with Crippen molar-refractivity contribution in [3.63, 3.8) is 0 Å². The van der Waals surface area contributed by atoms with Gasteiger partial charge < -0.3 is 19.7 Å². The van der Waals surface area contributed by atoms with Crippen molar-refractivity contribution in [1.29, 1.82) is 0 Å². The standard InChI is InChI=1S/C23H25ClF3N3O5/c24-13-2-3-17-15(10-13)16(31)11-18(33-17)20(32)28-7-6-22(4-1-5-22)21-29-19(30-35-21)12-8-14(9-12)34-23(25,26)27/h2-3,10,12,14,16,18,31H,1,4-9,11H2,(H,28,32)/t12?,14?,16-,18-/m0/s1. The molecule has 2 heterocycles. The summed E-state index contributed by atoms with van der Waals surface area (Å²) in [5, 5.41) is 17.7. The zero-order chi connectivity index (χ0) is 24.8. The number of benzene rings is 1. The van der Waals surface area contributed by atoms with Gasteiger partial charge in [0.2, 0.25) is 5.89 Å². The number of fused-ring (bicyclic) bond motifs is 1.